The van der Waals surface area contributed by atoms with Gasteiger partial charge >= 0.3 is 77.6 Å². The summed E-state index contributed by atoms with van der Waals surface area (Å²) >= 11 is 2.11. The average molecular weight is 1430 g/mol. The largest absolute Gasteiger partial charge is 2.00 e. The van der Waals surface area contributed by atoms with E-state index in [9.17, 15) is 0 Å². The van der Waals surface area contributed by atoms with Crippen LogP contribution in [0.5, 0.6) is 0 Å². The molecule has 1 saturated heterocycles. The van der Waals surface area contributed by atoms with Crippen molar-refractivity contribution in [1.29, 1.82) is 0 Å². The van der Waals surface area contributed by atoms with Crippen molar-refractivity contribution in [3.8, 4) is 0 Å². The zero-order valence-electron chi connectivity index (χ0n) is 35.9. The minimum atomic E-state index is -0.561. The molecule has 1 heterocycles. The summed E-state index contributed by atoms with van der Waals surface area (Å²) in [7, 11) is 0.737. The molecule has 0 N–H and O–H groups in total. The van der Waals surface area contributed by atoms with Crippen LogP contribution >= 0.6 is 28.6 Å². The molecule has 0 unspecified atom stereocenters. The third-order valence-electron chi connectivity index (χ3n) is 7.34. The van der Waals surface area contributed by atoms with E-state index in [-0.39, 0.29) is 63.2 Å². The molecule has 340 valence electrons. The van der Waals surface area contributed by atoms with E-state index in [4.69, 9.17) is 28.0 Å². The molecule has 1 aliphatic rings. The van der Waals surface area contributed by atoms with Crippen LogP contribution in [0.25, 0.3) is 0 Å². The van der Waals surface area contributed by atoms with Crippen molar-refractivity contribution in [3.63, 3.8) is 0 Å². The fourth-order valence-corrected chi connectivity index (χ4v) is 10.0. The van der Waals surface area contributed by atoms with Gasteiger partial charge in [-0.25, -0.2) is 24.3 Å². The summed E-state index contributed by atoms with van der Waals surface area (Å²) in [5, 5.41) is 4.22. The Hall–Kier alpha value is -2.53. The number of benzene rings is 4. The second-order valence-corrected chi connectivity index (χ2v) is 16.4. The number of rotatable bonds is 13. The first-order chi connectivity index (χ1) is 30.4. The SMILES string of the molecule is C1CCOC1.CCCCCCSCCN([P-]c1ccccc1)P(c1ccccc1)c1ccccc1.[C-]#[O+].[C-]#[O+].[C-]#[O+].[C-]#[O+].[C-]#[O+].[Pt].[W+2].[W].[c-]1ccccc1.c1cc[cH-]c1.c1cc[cH-]c1. The molecule has 7 rings (SSSR count). The minimum absolute atomic E-state index is 0. The Morgan fingerprint density at radius 1 is 0.594 bits per heavy atom. The van der Waals surface area contributed by atoms with Gasteiger partial charge in [0.25, 0.3) is 0 Å². The van der Waals surface area contributed by atoms with Crippen molar-refractivity contribution in [2.24, 2.45) is 0 Å². The Kier molecular flexibility index (Phi) is 73.9. The van der Waals surface area contributed by atoms with E-state index >= 15 is 0 Å². The van der Waals surface area contributed by atoms with Crippen LogP contribution < -0.4 is 15.9 Å². The van der Waals surface area contributed by atoms with Gasteiger partial charge in [0.15, 0.2) is 0 Å². The molecule has 0 aliphatic carbocycles. The smallest absolute Gasteiger partial charge is 0.214 e. The predicted molar refractivity (Wildman–Crippen MR) is 249 cm³/mol. The maximum Gasteiger partial charge on any atom is 2.00 e. The third kappa shape index (κ3) is 44.7. The molecule has 1 fully saturated rings. The van der Waals surface area contributed by atoms with Gasteiger partial charge in [0.1, 0.15) is 0 Å². The molecule has 6 aromatic carbocycles. The van der Waals surface area contributed by atoms with Crippen molar-refractivity contribution < 1.29 is 91.2 Å². The second-order valence-electron chi connectivity index (χ2n) is 11.5. The van der Waals surface area contributed by atoms with Gasteiger partial charge in [0.2, 0.25) is 0 Å². The zero-order valence-corrected chi connectivity index (χ0v) is 46.7. The molecule has 64 heavy (non-hydrogen) atoms. The third-order valence-corrected chi connectivity index (χ3v) is 12.4. The maximum atomic E-state index is 7.50. The van der Waals surface area contributed by atoms with Crippen LogP contribution in [-0.4, -0.2) is 35.7 Å². The van der Waals surface area contributed by atoms with Gasteiger partial charge in [0, 0.05) is 61.1 Å². The van der Waals surface area contributed by atoms with E-state index in [1.165, 1.54) is 74.7 Å². The van der Waals surface area contributed by atoms with E-state index in [1.54, 1.807) is 0 Å². The number of thioether (sulfide) groups is 1. The van der Waals surface area contributed by atoms with Crippen LogP contribution in [0.15, 0.2) is 182 Å². The summed E-state index contributed by atoms with van der Waals surface area (Å²) in [5.41, 5.74) is 0. The molecule has 0 saturated carbocycles. The quantitative estimate of drug-likeness (QED) is 0.0497. The number of nitrogens with zero attached hydrogens (tertiary/aromatic N) is 1. The van der Waals surface area contributed by atoms with Gasteiger partial charge < -0.3 is 17.9 Å². The van der Waals surface area contributed by atoms with E-state index in [1.807, 2.05) is 91.0 Å². The minimum Gasteiger partial charge on any atom is -0.214 e. The van der Waals surface area contributed by atoms with Crippen molar-refractivity contribution in [2.45, 2.75) is 45.4 Å². The fraction of sp³-hybridized carbons (Fsp3) is 0.235. The predicted octanol–water partition coefficient (Wildman–Crippen LogP) is 11.7. The number of ether oxygens (including phenoxy) is 1. The van der Waals surface area contributed by atoms with Gasteiger partial charge in [-0.2, -0.15) is 89.9 Å². The summed E-state index contributed by atoms with van der Waals surface area (Å²) in [4.78, 5) is 0. The van der Waals surface area contributed by atoms with Gasteiger partial charge in [-0.3, -0.25) is 0 Å². The monoisotopic (exact) mass is 1430 g/mol. The van der Waals surface area contributed by atoms with Crippen LogP contribution in [0, 0.1) is 39.3 Å². The molecule has 0 bridgehead atoms. The maximum absolute atomic E-state index is 7.50. The molecule has 0 radical (unpaired) electrons. The van der Waals surface area contributed by atoms with E-state index in [2.05, 4.69) is 153 Å². The molecule has 0 aromatic heterocycles. The van der Waals surface area contributed by atoms with Crippen LogP contribution in [0.3, 0.4) is 0 Å². The van der Waals surface area contributed by atoms with Crippen LogP contribution in [0.1, 0.15) is 45.4 Å². The molecular formula is C51H55NO6P2PtSW2-2. The Balaban J connectivity index is -0.000000200. The summed E-state index contributed by atoms with van der Waals surface area (Å²) in [6, 6.07) is 65.5. The normalized spacial score (nSPS) is 9.52. The van der Waals surface area contributed by atoms with Crippen molar-refractivity contribution in [1.82, 2.24) is 4.44 Å². The van der Waals surface area contributed by atoms with Crippen LogP contribution in [0.2, 0.25) is 0 Å². The molecule has 1 aliphatic heterocycles. The van der Waals surface area contributed by atoms with Crippen molar-refractivity contribution >= 4 is 44.5 Å². The topological polar surface area (TPSA) is 112 Å². The number of unbranched alkanes of at least 4 members (excludes halogenated alkanes) is 3. The van der Waals surface area contributed by atoms with Crippen LogP contribution in [-0.2, 0) is 91.2 Å². The molecule has 0 amide bonds. The van der Waals surface area contributed by atoms with E-state index < -0.39 is 8.07 Å². The first kappa shape index (κ1) is 73.1. The summed E-state index contributed by atoms with van der Waals surface area (Å²) in [5.74, 6) is 2.47. The molecule has 0 spiro atoms. The average Bonchev–Trinajstić information content (AvgIpc) is 4.23. The van der Waals surface area contributed by atoms with Crippen LogP contribution in [0.4, 0.5) is 0 Å². The Morgan fingerprint density at radius 2 is 1.00 bits per heavy atom. The molecule has 13 heteroatoms. The first-order valence-electron chi connectivity index (χ1n) is 19.2. The number of hydrogen-bond donors (Lipinski definition) is 0. The van der Waals surface area contributed by atoms with Gasteiger partial charge in [0.05, 0.1) is 0 Å². The molecule has 7 nitrogen and oxygen atoms in total. The molecule has 0 atom stereocenters. The first-order valence-corrected chi connectivity index (χ1v) is 22.5. The van der Waals surface area contributed by atoms with Gasteiger partial charge in [-0.15, -0.1) is 0 Å². The number of hydrogen-bond acceptors (Lipinski definition) is 3. The Bertz CT molecular complexity index is 1600. The standard InChI is InChI=1S/C26H32NP2S.C6H5.2C5H5.C4H8O.5CO.Pt.2W/c1-2-3-4-14-22-30-23-21-27(28-24-15-8-5-9-16-24)29(25-17-10-6-11-18-25)26-19-12-7-13-20-26;1-2-4-6-5-3-1;3*1-2-4-5-3-1;5*1-2;;;/h5-13,15-20H,2-4,14,21-23H2,1H3;1-5H;2*1-5H;1-4H2;;;;;;;;/q4*-1;;;;;;;;;+2. The Morgan fingerprint density at radius 3 is 1.31 bits per heavy atom. The second kappa shape index (κ2) is 64.8. The van der Waals surface area contributed by atoms with Crippen molar-refractivity contribution in [2.75, 3.05) is 31.3 Å². The van der Waals surface area contributed by atoms with Crippen molar-refractivity contribution in [3.05, 3.63) is 221 Å². The van der Waals surface area contributed by atoms with Gasteiger partial charge in [-0.1, -0.05) is 117 Å². The summed E-state index contributed by atoms with van der Waals surface area (Å²) in [6.07, 6.45) is 7.96. The molecular weight excluding hydrogens is 1380 g/mol. The summed E-state index contributed by atoms with van der Waals surface area (Å²) < 4.78 is 45.1. The van der Waals surface area contributed by atoms with Gasteiger partial charge in [-0.05, 0) is 50.2 Å². The zero-order chi connectivity index (χ0) is 45.7. The Labute approximate surface area is 434 Å². The summed E-state index contributed by atoms with van der Waals surface area (Å²) in [6.45, 7) is 27.9. The fourth-order valence-electron chi connectivity index (χ4n) is 4.75. The van der Waals surface area contributed by atoms with E-state index in [0.717, 1.165) is 19.8 Å². The van der Waals surface area contributed by atoms with E-state index in [0.29, 0.717) is 0 Å². The molecule has 6 aromatic rings.